The Morgan fingerprint density at radius 3 is 2.88 bits per heavy atom. The number of nitrogen functional groups attached to an aromatic ring is 1. The van der Waals surface area contributed by atoms with Crippen LogP contribution in [0.2, 0.25) is 5.02 Å². The third-order valence-corrected chi connectivity index (χ3v) is 2.46. The van der Waals surface area contributed by atoms with Gasteiger partial charge < -0.3 is 14.9 Å². The van der Waals surface area contributed by atoms with Crippen LogP contribution in [0.25, 0.3) is 0 Å². The van der Waals surface area contributed by atoms with Gasteiger partial charge in [0.25, 0.3) is 6.01 Å². The number of aromatic nitrogens is 1. The minimum Gasteiger partial charge on any atom is -0.495 e. The fourth-order valence-electron chi connectivity index (χ4n) is 1.43. The first-order chi connectivity index (χ1) is 7.69. The number of nitrogens with two attached hydrogens (primary N) is 1. The molecule has 5 heteroatoms. The first-order valence-electron chi connectivity index (χ1n) is 4.71. The maximum absolute atomic E-state index is 6.01. The Hall–Kier alpha value is -1.68. The summed E-state index contributed by atoms with van der Waals surface area (Å²) in [6.07, 6.45) is 2.21. The van der Waals surface area contributed by atoms with Gasteiger partial charge in [-0.15, -0.1) is 0 Å². The first-order valence-corrected chi connectivity index (χ1v) is 5.09. The van der Waals surface area contributed by atoms with Gasteiger partial charge in [0.05, 0.1) is 18.3 Å². The van der Waals surface area contributed by atoms with Crippen LogP contribution in [0.5, 0.6) is 5.75 Å². The van der Waals surface area contributed by atoms with Gasteiger partial charge >= 0.3 is 0 Å². The molecule has 0 aliphatic heterocycles. The zero-order valence-corrected chi connectivity index (χ0v) is 9.49. The van der Waals surface area contributed by atoms with Crippen LogP contribution in [0, 0.1) is 0 Å². The second kappa shape index (κ2) is 4.45. The van der Waals surface area contributed by atoms with E-state index in [-0.39, 0.29) is 6.01 Å². The summed E-state index contributed by atoms with van der Waals surface area (Å²) in [5.74, 6) is 1.36. The second-order valence-corrected chi connectivity index (χ2v) is 3.72. The minimum atomic E-state index is 0.176. The summed E-state index contributed by atoms with van der Waals surface area (Å²) in [5, 5.41) is 0.576. The summed E-state index contributed by atoms with van der Waals surface area (Å²) in [5.41, 5.74) is 6.40. The summed E-state index contributed by atoms with van der Waals surface area (Å²) in [6, 6.07) is 5.74. The topological polar surface area (TPSA) is 61.3 Å². The molecule has 0 aliphatic rings. The van der Waals surface area contributed by atoms with Gasteiger partial charge in [0.2, 0.25) is 0 Å². The highest BCUT2D eigenvalue weighted by Gasteiger charge is 2.05. The quantitative estimate of drug-likeness (QED) is 0.893. The summed E-state index contributed by atoms with van der Waals surface area (Å²) in [6.45, 7) is 0. The lowest BCUT2D eigenvalue weighted by atomic mass is 10.1. The van der Waals surface area contributed by atoms with E-state index in [9.17, 15) is 0 Å². The zero-order chi connectivity index (χ0) is 11.5. The van der Waals surface area contributed by atoms with Crippen molar-refractivity contribution in [3.63, 3.8) is 0 Å². The lowest BCUT2D eigenvalue weighted by Gasteiger charge is -2.04. The Bertz CT molecular complexity index is 496. The third kappa shape index (κ3) is 2.28. The van der Waals surface area contributed by atoms with Crippen molar-refractivity contribution in [2.24, 2.45) is 0 Å². The SMILES string of the molecule is COc1ccc(Cc2cnc(N)o2)cc1Cl. The van der Waals surface area contributed by atoms with Crippen molar-refractivity contribution < 1.29 is 9.15 Å². The van der Waals surface area contributed by atoms with E-state index in [4.69, 9.17) is 26.5 Å². The van der Waals surface area contributed by atoms with Crippen molar-refractivity contribution in [2.45, 2.75) is 6.42 Å². The molecule has 84 valence electrons. The number of oxazole rings is 1. The smallest absolute Gasteiger partial charge is 0.292 e. The maximum Gasteiger partial charge on any atom is 0.292 e. The Balaban J connectivity index is 2.19. The molecule has 0 fully saturated rings. The van der Waals surface area contributed by atoms with Crippen molar-refractivity contribution in [1.82, 2.24) is 4.98 Å². The van der Waals surface area contributed by atoms with Crippen molar-refractivity contribution in [2.75, 3.05) is 12.8 Å². The van der Waals surface area contributed by atoms with E-state index in [2.05, 4.69) is 4.98 Å². The van der Waals surface area contributed by atoms with Crippen LogP contribution in [0.15, 0.2) is 28.8 Å². The van der Waals surface area contributed by atoms with Gasteiger partial charge in [-0.3, -0.25) is 0 Å². The van der Waals surface area contributed by atoms with E-state index in [1.165, 1.54) is 0 Å². The van der Waals surface area contributed by atoms with Crippen LogP contribution in [0.1, 0.15) is 11.3 Å². The molecule has 1 heterocycles. The third-order valence-electron chi connectivity index (χ3n) is 2.17. The number of anilines is 1. The highest BCUT2D eigenvalue weighted by atomic mass is 35.5. The molecule has 0 unspecified atom stereocenters. The fourth-order valence-corrected chi connectivity index (χ4v) is 1.71. The molecule has 0 saturated carbocycles. The number of methoxy groups -OCH3 is 1. The van der Waals surface area contributed by atoms with Gasteiger partial charge in [0.1, 0.15) is 11.5 Å². The molecule has 4 nitrogen and oxygen atoms in total. The highest BCUT2D eigenvalue weighted by molar-refractivity contribution is 6.32. The van der Waals surface area contributed by atoms with Gasteiger partial charge in [0, 0.05) is 6.42 Å². The van der Waals surface area contributed by atoms with E-state index < -0.39 is 0 Å². The van der Waals surface area contributed by atoms with Crippen molar-refractivity contribution in [3.05, 3.63) is 40.7 Å². The van der Waals surface area contributed by atoms with E-state index in [0.29, 0.717) is 23.0 Å². The largest absolute Gasteiger partial charge is 0.495 e. The number of halogens is 1. The van der Waals surface area contributed by atoms with Crippen LogP contribution < -0.4 is 10.5 Å². The lowest BCUT2D eigenvalue weighted by Crippen LogP contribution is -1.89. The van der Waals surface area contributed by atoms with Gasteiger partial charge in [0.15, 0.2) is 0 Å². The molecule has 1 aromatic heterocycles. The molecule has 0 amide bonds. The molecule has 2 N–H and O–H groups in total. The summed E-state index contributed by atoms with van der Waals surface area (Å²) < 4.78 is 10.2. The number of ether oxygens (including phenoxy) is 1. The van der Waals surface area contributed by atoms with Crippen LogP contribution in [0.3, 0.4) is 0 Å². The van der Waals surface area contributed by atoms with Gasteiger partial charge in [-0.1, -0.05) is 17.7 Å². The molecule has 0 saturated heterocycles. The monoisotopic (exact) mass is 238 g/mol. The molecule has 0 atom stereocenters. The number of rotatable bonds is 3. The molecule has 1 aromatic carbocycles. The number of hydrogen-bond acceptors (Lipinski definition) is 4. The fraction of sp³-hybridized carbons (Fsp3) is 0.182. The maximum atomic E-state index is 6.01. The predicted octanol–water partition coefficient (Wildman–Crippen LogP) is 2.51. The molecule has 0 spiro atoms. The average Bonchev–Trinajstić information content (AvgIpc) is 2.64. The average molecular weight is 239 g/mol. The Morgan fingerprint density at radius 2 is 2.31 bits per heavy atom. The Labute approximate surface area is 98.0 Å². The van der Waals surface area contributed by atoms with Crippen LogP contribution in [-0.2, 0) is 6.42 Å². The molecule has 0 bridgehead atoms. The number of hydrogen-bond donors (Lipinski definition) is 1. The molecule has 2 aromatic rings. The summed E-state index contributed by atoms with van der Waals surface area (Å²) in [4.78, 5) is 3.82. The van der Waals surface area contributed by atoms with Crippen LogP contribution in [-0.4, -0.2) is 12.1 Å². The zero-order valence-electron chi connectivity index (χ0n) is 8.74. The van der Waals surface area contributed by atoms with Gasteiger partial charge in [-0.25, -0.2) is 4.98 Å². The van der Waals surface area contributed by atoms with Crippen molar-refractivity contribution >= 4 is 17.6 Å². The normalized spacial score (nSPS) is 10.4. The van der Waals surface area contributed by atoms with Gasteiger partial charge in [-0.05, 0) is 17.7 Å². The van der Waals surface area contributed by atoms with Crippen molar-refractivity contribution in [1.29, 1.82) is 0 Å². The van der Waals surface area contributed by atoms with E-state index >= 15 is 0 Å². The highest BCUT2D eigenvalue weighted by Crippen LogP contribution is 2.26. The first kappa shape index (κ1) is 10.8. The van der Waals surface area contributed by atoms with E-state index in [1.54, 1.807) is 13.3 Å². The molecule has 2 rings (SSSR count). The van der Waals surface area contributed by atoms with E-state index in [0.717, 1.165) is 5.56 Å². The molecular formula is C11H11ClN2O2. The summed E-state index contributed by atoms with van der Waals surface area (Å²) in [7, 11) is 1.58. The van der Waals surface area contributed by atoms with Crippen LogP contribution >= 0.6 is 11.6 Å². The standard InChI is InChI=1S/C11H11ClN2O2/c1-15-10-3-2-7(5-9(10)12)4-8-6-14-11(13)16-8/h2-3,5-6H,4H2,1H3,(H2,13,14). The predicted molar refractivity (Wildman–Crippen MR) is 61.7 cm³/mol. The minimum absolute atomic E-state index is 0.176. The van der Waals surface area contributed by atoms with Crippen LogP contribution in [0.4, 0.5) is 6.01 Å². The second-order valence-electron chi connectivity index (χ2n) is 3.31. The van der Waals surface area contributed by atoms with Crippen molar-refractivity contribution in [3.8, 4) is 5.75 Å². The Morgan fingerprint density at radius 1 is 1.50 bits per heavy atom. The molecule has 16 heavy (non-hydrogen) atoms. The molecule has 0 aliphatic carbocycles. The Kier molecular flexibility index (Phi) is 3.01. The number of nitrogens with zero attached hydrogens (tertiary/aromatic N) is 1. The van der Waals surface area contributed by atoms with Gasteiger partial charge in [-0.2, -0.15) is 0 Å². The molecular weight excluding hydrogens is 228 g/mol. The summed E-state index contributed by atoms with van der Waals surface area (Å²) >= 11 is 6.01. The number of benzene rings is 1. The molecule has 0 radical (unpaired) electrons. The van der Waals surface area contributed by atoms with E-state index in [1.807, 2.05) is 18.2 Å². The lowest BCUT2D eigenvalue weighted by molar-refractivity contribution is 0.415.